The Morgan fingerprint density at radius 1 is 1.00 bits per heavy atom. The van der Waals surface area contributed by atoms with Crippen LogP contribution in [0.2, 0.25) is 0 Å². The first-order chi connectivity index (χ1) is 11.6. The lowest BCUT2D eigenvalue weighted by Crippen LogP contribution is -2.15. The van der Waals surface area contributed by atoms with Crippen LogP contribution in [0.3, 0.4) is 0 Å². The average molecular weight is 345 g/mol. The highest BCUT2D eigenvalue weighted by Crippen LogP contribution is 2.32. The molecule has 0 fully saturated rings. The van der Waals surface area contributed by atoms with E-state index in [2.05, 4.69) is 10.1 Å². The minimum Gasteiger partial charge on any atom is -0.434 e. The van der Waals surface area contributed by atoms with Crippen LogP contribution in [0.1, 0.15) is 10.4 Å². The number of ether oxygens (including phenoxy) is 1. The Kier molecular flexibility index (Phi) is 4.86. The average Bonchev–Trinajstić information content (AvgIpc) is 3.09. The molecular weight excluding hydrogens is 332 g/mol. The topological polar surface area (TPSA) is 38.3 Å². The van der Waals surface area contributed by atoms with E-state index in [0.717, 1.165) is 10.4 Å². The van der Waals surface area contributed by atoms with Gasteiger partial charge in [0.15, 0.2) is 0 Å². The molecule has 0 bridgehead atoms. The monoisotopic (exact) mass is 345 g/mol. The smallest absolute Gasteiger partial charge is 0.387 e. The van der Waals surface area contributed by atoms with Crippen molar-refractivity contribution in [2.24, 2.45) is 0 Å². The molecule has 0 saturated carbocycles. The number of hydrogen-bond acceptors (Lipinski definition) is 3. The zero-order chi connectivity index (χ0) is 16.9. The lowest BCUT2D eigenvalue weighted by Gasteiger charge is -2.13. The summed E-state index contributed by atoms with van der Waals surface area (Å²) in [6, 6.07) is 17.1. The lowest BCUT2D eigenvalue weighted by atomic mass is 10.1. The molecule has 1 aromatic heterocycles. The Morgan fingerprint density at radius 2 is 1.75 bits per heavy atom. The van der Waals surface area contributed by atoms with Gasteiger partial charge in [-0.1, -0.05) is 36.4 Å². The molecular formula is C18H13F2NO2S. The molecule has 0 aliphatic rings. The number of thiophene rings is 1. The summed E-state index contributed by atoms with van der Waals surface area (Å²) < 4.78 is 29.4. The number of alkyl halides is 2. The number of anilines is 1. The van der Waals surface area contributed by atoms with E-state index in [9.17, 15) is 13.6 Å². The Bertz CT molecular complexity index is 835. The Hall–Kier alpha value is -2.73. The molecule has 0 radical (unpaired) electrons. The third-order valence-corrected chi connectivity index (χ3v) is 4.21. The summed E-state index contributed by atoms with van der Waals surface area (Å²) in [6.07, 6.45) is 0. The second kappa shape index (κ2) is 7.23. The number of hydrogen-bond donors (Lipinski definition) is 1. The third kappa shape index (κ3) is 3.60. The molecule has 0 unspecified atom stereocenters. The maximum absolute atomic E-state index is 12.5. The van der Waals surface area contributed by atoms with Crippen molar-refractivity contribution in [2.75, 3.05) is 5.32 Å². The maximum Gasteiger partial charge on any atom is 0.387 e. The molecule has 0 aliphatic carbocycles. The standard InChI is InChI=1S/C18H13F2NO2S/c19-18(20)23-15-9-4-2-7-13(15)17(22)21-14-8-3-1-6-12(14)16-10-5-11-24-16/h1-11,18H,(H,21,22). The molecule has 0 aliphatic heterocycles. The van der Waals surface area contributed by atoms with Gasteiger partial charge in [-0.15, -0.1) is 11.3 Å². The van der Waals surface area contributed by atoms with Gasteiger partial charge in [0.05, 0.1) is 5.56 Å². The fourth-order valence-corrected chi connectivity index (χ4v) is 3.05. The van der Waals surface area contributed by atoms with Crippen LogP contribution in [0.5, 0.6) is 5.75 Å². The van der Waals surface area contributed by atoms with E-state index in [1.54, 1.807) is 29.5 Å². The second-order valence-corrected chi connectivity index (χ2v) is 5.80. The molecule has 6 heteroatoms. The number of halogens is 2. The minimum atomic E-state index is -2.99. The molecule has 0 spiro atoms. The number of nitrogens with one attached hydrogen (secondary N) is 1. The molecule has 3 rings (SSSR count). The van der Waals surface area contributed by atoms with Crippen LogP contribution in [-0.2, 0) is 0 Å². The van der Waals surface area contributed by atoms with Gasteiger partial charge in [0.2, 0.25) is 0 Å². The summed E-state index contributed by atoms with van der Waals surface area (Å²) in [5.74, 6) is -0.658. The lowest BCUT2D eigenvalue weighted by molar-refractivity contribution is -0.0501. The van der Waals surface area contributed by atoms with Crippen molar-refractivity contribution in [3.05, 3.63) is 71.6 Å². The largest absolute Gasteiger partial charge is 0.434 e. The Labute approximate surface area is 141 Å². The van der Waals surface area contributed by atoms with Gasteiger partial charge in [0.25, 0.3) is 5.91 Å². The molecule has 1 heterocycles. The van der Waals surface area contributed by atoms with Crippen molar-refractivity contribution in [2.45, 2.75) is 6.61 Å². The van der Waals surface area contributed by atoms with E-state index in [4.69, 9.17) is 0 Å². The van der Waals surface area contributed by atoms with E-state index in [1.807, 2.05) is 29.6 Å². The summed E-state index contributed by atoms with van der Waals surface area (Å²) in [4.78, 5) is 13.5. The fourth-order valence-electron chi connectivity index (χ4n) is 2.28. The summed E-state index contributed by atoms with van der Waals surface area (Å²) in [6.45, 7) is -2.99. The van der Waals surface area contributed by atoms with Gasteiger partial charge in [-0.25, -0.2) is 0 Å². The Morgan fingerprint density at radius 3 is 2.50 bits per heavy atom. The number of amides is 1. The minimum absolute atomic E-state index is 0.0544. The van der Waals surface area contributed by atoms with Crippen molar-refractivity contribution in [3.8, 4) is 16.2 Å². The van der Waals surface area contributed by atoms with Crippen LogP contribution in [-0.4, -0.2) is 12.5 Å². The normalized spacial score (nSPS) is 10.6. The van der Waals surface area contributed by atoms with Crippen LogP contribution >= 0.6 is 11.3 Å². The molecule has 122 valence electrons. The highest BCUT2D eigenvalue weighted by atomic mass is 32.1. The Balaban J connectivity index is 1.89. The molecule has 2 aromatic carbocycles. The predicted molar refractivity (Wildman–Crippen MR) is 90.8 cm³/mol. The van der Waals surface area contributed by atoms with Crippen LogP contribution < -0.4 is 10.1 Å². The first kappa shape index (κ1) is 16.1. The van der Waals surface area contributed by atoms with Crippen molar-refractivity contribution < 1.29 is 18.3 Å². The number of para-hydroxylation sites is 2. The zero-order valence-electron chi connectivity index (χ0n) is 12.4. The van der Waals surface area contributed by atoms with E-state index < -0.39 is 12.5 Å². The second-order valence-electron chi connectivity index (χ2n) is 4.85. The third-order valence-electron chi connectivity index (χ3n) is 3.31. The van der Waals surface area contributed by atoms with Crippen molar-refractivity contribution in [3.63, 3.8) is 0 Å². The summed E-state index contributed by atoms with van der Waals surface area (Å²) in [5.41, 5.74) is 1.53. The SMILES string of the molecule is O=C(Nc1ccccc1-c1cccs1)c1ccccc1OC(F)F. The van der Waals surface area contributed by atoms with Crippen molar-refractivity contribution in [1.82, 2.24) is 0 Å². The van der Waals surface area contributed by atoms with Gasteiger partial charge in [-0.05, 0) is 29.6 Å². The summed E-state index contributed by atoms with van der Waals surface area (Å²) >= 11 is 1.55. The van der Waals surface area contributed by atoms with Gasteiger partial charge < -0.3 is 10.1 Å². The fraction of sp³-hybridized carbons (Fsp3) is 0.0556. The number of carbonyl (C=O) groups excluding carboxylic acids is 1. The van der Waals surface area contributed by atoms with E-state index in [-0.39, 0.29) is 11.3 Å². The summed E-state index contributed by atoms with van der Waals surface area (Å²) in [7, 11) is 0. The summed E-state index contributed by atoms with van der Waals surface area (Å²) in [5, 5.41) is 4.72. The molecule has 0 atom stereocenters. The van der Waals surface area contributed by atoms with Gasteiger partial charge >= 0.3 is 6.61 Å². The zero-order valence-corrected chi connectivity index (χ0v) is 13.2. The van der Waals surface area contributed by atoms with Crippen LogP contribution in [0.15, 0.2) is 66.0 Å². The highest BCUT2D eigenvalue weighted by molar-refractivity contribution is 7.13. The molecule has 3 aromatic rings. The molecule has 1 amide bonds. The highest BCUT2D eigenvalue weighted by Gasteiger charge is 2.16. The van der Waals surface area contributed by atoms with Crippen molar-refractivity contribution in [1.29, 1.82) is 0 Å². The van der Waals surface area contributed by atoms with Gasteiger partial charge in [-0.2, -0.15) is 8.78 Å². The molecule has 3 nitrogen and oxygen atoms in total. The van der Waals surface area contributed by atoms with Gasteiger partial charge in [0.1, 0.15) is 5.75 Å². The predicted octanol–water partition coefficient (Wildman–Crippen LogP) is 5.27. The molecule has 0 saturated heterocycles. The number of carbonyl (C=O) groups is 1. The van der Waals surface area contributed by atoms with E-state index in [1.165, 1.54) is 18.2 Å². The quantitative estimate of drug-likeness (QED) is 0.684. The molecule has 24 heavy (non-hydrogen) atoms. The maximum atomic E-state index is 12.5. The number of benzene rings is 2. The van der Waals surface area contributed by atoms with Crippen LogP contribution in [0.4, 0.5) is 14.5 Å². The van der Waals surface area contributed by atoms with Crippen molar-refractivity contribution >= 4 is 22.9 Å². The first-order valence-corrected chi connectivity index (χ1v) is 8.01. The van der Waals surface area contributed by atoms with Crippen LogP contribution in [0.25, 0.3) is 10.4 Å². The van der Waals surface area contributed by atoms with E-state index in [0.29, 0.717) is 5.69 Å². The first-order valence-electron chi connectivity index (χ1n) is 7.13. The molecule has 1 N–H and O–H groups in total. The van der Waals surface area contributed by atoms with Gasteiger partial charge in [-0.3, -0.25) is 4.79 Å². The number of rotatable bonds is 5. The van der Waals surface area contributed by atoms with E-state index >= 15 is 0 Å². The van der Waals surface area contributed by atoms with Gasteiger partial charge in [0, 0.05) is 16.1 Å². The van der Waals surface area contributed by atoms with Crippen LogP contribution in [0, 0.1) is 0 Å².